The number of halogens is 1. The minimum atomic E-state index is -0.500. The molecule has 0 radical (unpaired) electrons. The largest absolute Gasteiger partial charge is 0.467 e. The highest BCUT2D eigenvalue weighted by Crippen LogP contribution is 2.15. The molecule has 0 aromatic heterocycles. The van der Waals surface area contributed by atoms with Crippen molar-refractivity contribution in [2.24, 2.45) is 0 Å². The number of carbonyl (C=O) groups excluding carboxylic acids is 1. The lowest BCUT2D eigenvalue weighted by molar-refractivity contribution is -0.160. The summed E-state index contributed by atoms with van der Waals surface area (Å²) in [7, 11) is 1.37. The maximum Gasteiger partial charge on any atom is 0.336 e. The van der Waals surface area contributed by atoms with Crippen LogP contribution in [0.15, 0.2) is 24.3 Å². The third-order valence-electron chi connectivity index (χ3n) is 3.93. The molecule has 5 heteroatoms. The van der Waals surface area contributed by atoms with E-state index < -0.39 is 6.10 Å². The Balaban J connectivity index is 1.85. The fourth-order valence-corrected chi connectivity index (χ4v) is 2.59. The van der Waals surface area contributed by atoms with Crippen LogP contribution in [0, 0.1) is 5.82 Å². The first-order valence-electron chi connectivity index (χ1n) is 7.28. The first-order chi connectivity index (χ1) is 10.1. The molecule has 1 aromatic rings. The smallest absolute Gasteiger partial charge is 0.336 e. The van der Waals surface area contributed by atoms with Gasteiger partial charge in [-0.1, -0.05) is 12.1 Å². The fraction of sp³-hybridized carbons (Fsp3) is 0.562. The average Bonchev–Trinajstić information content (AvgIpc) is 2.52. The van der Waals surface area contributed by atoms with E-state index in [0.29, 0.717) is 19.2 Å². The lowest BCUT2D eigenvalue weighted by atomic mass is 10.0. The van der Waals surface area contributed by atoms with Gasteiger partial charge in [-0.3, -0.25) is 4.90 Å². The van der Waals surface area contributed by atoms with Gasteiger partial charge in [0.2, 0.25) is 0 Å². The minimum absolute atomic E-state index is 0.197. The van der Waals surface area contributed by atoms with Crippen molar-refractivity contribution in [3.63, 3.8) is 0 Å². The second-order valence-corrected chi connectivity index (χ2v) is 5.40. The monoisotopic (exact) mass is 295 g/mol. The fourth-order valence-electron chi connectivity index (χ4n) is 2.59. The lowest BCUT2D eigenvalue weighted by Gasteiger charge is -2.35. The molecule has 4 nitrogen and oxygen atoms in total. The standard InChI is InChI=1S/C16H22FNO3/c1-12(6-7-13-4-3-5-14(17)10-13)18-8-9-21-15(11-18)16(19)20-2/h3-5,10,12,15H,6-9,11H2,1-2H3/t12-,15-/m1/s1. The number of aryl methyl sites for hydroxylation is 1. The van der Waals surface area contributed by atoms with E-state index in [2.05, 4.69) is 11.8 Å². The molecule has 1 aliphatic heterocycles. The summed E-state index contributed by atoms with van der Waals surface area (Å²) >= 11 is 0. The summed E-state index contributed by atoms with van der Waals surface area (Å²) < 4.78 is 23.3. The van der Waals surface area contributed by atoms with Gasteiger partial charge in [0.25, 0.3) is 0 Å². The molecule has 1 aliphatic rings. The summed E-state index contributed by atoms with van der Waals surface area (Å²) in [5, 5.41) is 0. The second-order valence-electron chi connectivity index (χ2n) is 5.40. The van der Waals surface area contributed by atoms with Crippen molar-refractivity contribution >= 4 is 5.97 Å². The summed E-state index contributed by atoms with van der Waals surface area (Å²) in [5.74, 6) is -0.519. The molecule has 0 saturated carbocycles. The summed E-state index contributed by atoms with van der Waals surface area (Å²) in [6.07, 6.45) is 1.23. The molecular weight excluding hydrogens is 273 g/mol. The molecule has 1 fully saturated rings. The maximum absolute atomic E-state index is 13.1. The van der Waals surface area contributed by atoms with E-state index in [1.807, 2.05) is 6.07 Å². The number of esters is 1. The van der Waals surface area contributed by atoms with Gasteiger partial charge in [-0.15, -0.1) is 0 Å². The van der Waals surface area contributed by atoms with E-state index in [0.717, 1.165) is 24.9 Å². The van der Waals surface area contributed by atoms with E-state index in [4.69, 9.17) is 9.47 Å². The van der Waals surface area contributed by atoms with Crippen LogP contribution in [-0.2, 0) is 20.7 Å². The molecule has 1 aromatic carbocycles. The number of methoxy groups -OCH3 is 1. The molecule has 0 amide bonds. The van der Waals surface area contributed by atoms with Crippen LogP contribution >= 0.6 is 0 Å². The highest BCUT2D eigenvalue weighted by molar-refractivity contribution is 5.74. The Labute approximate surface area is 124 Å². The van der Waals surface area contributed by atoms with E-state index in [-0.39, 0.29) is 11.8 Å². The molecular formula is C16H22FNO3. The van der Waals surface area contributed by atoms with Gasteiger partial charge in [0.1, 0.15) is 5.82 Å². The van der Waals surface area contributed by atoms with Gasteiger partial charge in [0, 0.05) is 19.1 Å². The molecule has 21 heavy (non-hydrogen) atoms. The van der Waals surface area contributed by atoms with Gasteiger partial charge in [0.05, 0.1) is 13.7 Å². The van der Waals surface area contributed by atoms with Gasteiger partial charge >= 0.3 is 5.97 Å². The molecule has 0 bridgehead atoms. The number of carbonyl (C=O) groups is 1. The maximum atomic E-state index is 13.1. The van der Waals surface area contributed by atoms with Crippen LogP contribution < -0.4 is 0 Å². The van der Waals surface area contributed by atoms with E-state index in [1.54, 1.807) is 12.1 Å². The minimum Gasteiger partial charge on any atom is -0.467 e. The van der Waals surface area contributed by atoms with Crippen molar-refractivity contribution in [2.45, 2.75) is 31.9 Å². The molecule has 1 heterocycles. The summed E-state index contributed by atoms with van der Waals surface area (Å²) in [5.41, 5.74) is 1.000. The van der Waals surface area contributed by atoms with Crippen molar-refractivity contribution in [2.75, 3.05) is 26.8 Å². The molecule has 2 atom stereocenters. The van der Waals surface area contributed by atoms with Crippen molar-refractivity contribution < 1.29 is 18.7 Å². The zero-order valence-corrected chi connectivity index (χ0v) is 12.5. The van der Waals surface area contributed by atoms with Crippen LogP contribution in [0.1, 0.15) is 18.9 Å². The van der Waals surface area contributed by atoms with Gasteiger partial charge < -0.3 is 9.47 Å². The number of benzene rings is 1. The zero-order chi connectivity index (χ0) is 15.2. The SMILES string of the molecule is COC(=O)[C@H]1CN([C@H](C)CCc2cccc(F)c2)CCO1. The van der Waals surface area contributed by atoms with Crippen LogP contribution in [0.4, 0.5) is 4.39 Å². The molecule has 2 rings (SSSR count). The van der Waals surface area contributed by atoms with Gasteiger partial charge in [-0.25, -0.2) is 9.18 Å². The number of hydrogen-bond acceptors (Lipinski definition) is 4. The first kappa shape index (κ1) is 15.9. The topological polar surface area (TPSA) is 38.8 Å². The van der Waals surface area contributed by atoms with Crippen LogP contribution in [0.5, 0.6) is 0 Å². The van der Waals surface area contributed by atoms with Crippen LogP contribution in [0.25, 0.3) is 0 Å². The molecule has 116 valence electrons. The molecule has 1 saturated heterocycles. The third-order valence-corrected chi connectivity index (χ3v) is 3.93. The van der Waals surface area contributed by atoms with Gasteiger partial charge in [0.15, 0.2) is 6.10 Å². The number of hydrogen-bond donors (Lipinski definition) is 0. The lowest BCUT2D eigenvalue weighted by Crippen LogP contribution is -2.49. The normalized spacial score (nSPS) is 21.0. The van der Waals surface area contributed by atoms with Crippen LogP contribution in [0.2, 0.25) is 0 Å². The van der Waals surface area contributed by atoms with Crippen LogP contribution in [0.3, 0.4) is 0 Å². The molecule has 0 aliphatic carbocycles. The van der Waals surface area contributed by atoms with Crippen molar-refractivity contribution in [1.82, 2.24) is 4.90 Å². The average molecular weight is 295 g/mol. The summed E-state index contributed by atoms with van der Waals surface area (Å²) in [4.78, 5) is 13.8. The summed E-state index contributed by atoms with van der Waals surface area (Å²) in [6.45, 7) is 4.01. The molecule has 0 spiro atoms. The number of morpholine rings is 1. The highest BCUT2D eigenvalue weighted by Gasteiger charge is 2.29. The van der Waals surface area contributed by atoms with Crippen molar-refractivity contribution in [1.29, 1.82) is 0 Å². The predicted octanol–water partition coefficient (Wildman–Crippen LogP) is 2.02. The van der Waals surface area contributed by atoms with Gasteiger partial charge in [-0.2, -0.15) is 0 Å². The van der Waals surface area contributed by atoms with Crippen LogP contribution in [-0.4, -0.2) is 49.8 Å². The third kappa shape index (κ3) is 4.51. The van der Waals surface area contributed by atoms with Gasteiger partial charge in [-0.05, 0) is 37.5 Å². The highest BCUT2D eigenvalue weighted by atomic mass is 19.1. The Morgan fingerprint density at radius 1 is 1.57 bits per heavy atom. The first-order valence-corrected chi connectivity index (χ1v) is 7.28. The van der Waals surface area contributed by atoms with E-state index in [1.165, 1.54) is 13.2 Å². The quantitative estimate of drug-likeness (QED) is 0.779. The molecule has 0 N–H and O–H groups in total. The molecule has 0 unspecified atom stereocenters. The Hall–Kier alpha value is -1.46. The Morgan fingerprint density at radius 2 is 2.38 bits per heavy atom. The number of rotatable bonds is 5. The van der Waals surface area contributed by atoms with E-state index in [9.17, 15) is 9.18 Å². The summed E-state index contributed by atoms with van der Waals surface area (Å²) in [6, 6.07) is 7.01. The Morgan fingerprint density at radius 3 is 3.10 bits per heavy atom. The van der Waals surface area contributed by atoms with E-state index >= 15 is 0 Å². The second kappa shape index (κ2) is 7.52. The number of ether oxygens (including phenoxy) is 2. The van der Waals surface area contributed by atoms with Crippen molar-refractivity contribution in [3.05, 3.63) is 35.6 Å². The Kier molecular flexibility index (Phi) is 5.70. The van der Waals surface area contributed by atoms with Crippen molar-refractivity contribution in [3.8, 4) is 0 Å². The Bertz CT molecular complexity index is 480. The number of nitrogens with zero attached hydrogens (tertiary/aromatic N) is 1. The zero-order valence-electron chi connectivity index (χ0n) is 12.5. The predicted molar refractivity (Wildman–Crippen MR) is 77.5 cm³/mol.